The standard InChI is InChI=1S/C33H51N9O7/c1-19(38-20(2)43)29(46)41-26(18-21-7-4-3-5-8-21)32(49)42-16-14-27(42)31(48)40-25(17-22-10-12-23(44)13-11-22)30(47)39-24(28(34)45)9-6-15-37-33(35)36/h10-13,19,21,24-27,44H,3-9,14-18H2,1-2H3,(H2,34,45)(H,38,43)(H,39,47)(H,40,48)(H,41,46)(H4,35,36,37)/t19-,24-,25+,26+,27-/m0/s1. The number of rotatable bonds is 17. The number of hydrogen-bond donors (Lipinski definition) is 8. The lowest BCUT2D eigenvalue weighted by Crippen LogP contribution is -2.65. The van der Waals surface area contributed by atoms with E-state index in [9.17, 15) is 33.9 Å². The zero-order valence-electron chi connectivity index (χ0n) is 28.3. The van der Waals surface area contributed by atoms with Crippen molar-refractivity contribution in [1.82, 2.24) is 26.2 Å². The van der Waals surface area contributed by atoms with E-state index in [0.29, 0.717) is 24.8 Å². The Morgan fingerprint density at radius 1 is 0.878 bits per heavy atom. The zero-order chi connectivity index (χ0) is 36.1. The number of nitrogens with zero attached hydrogens (tertiary/aromatic N) is 2. The first-order valence-electron chi connectivity index (χ1n) is 16.9. The highest BCUT2D eigenvalue weighted by molar-refractivity contribution is 5.97. The van der Waals surface area contributed by atoms with E-state index < -0.39 is 59.7 Å². The van der Waals surface area contributed by atoms with Gasteiger partial charge in [0.15, 0.2) is 5.96 Å². The highest BCUT2D eigenvalue weighted by atomic mass is 16.3. The van der Waals surface area contributed by atoms with Gasteiger partial charge in [-0.15, -0.1) is 0 Å². The Balaban J connectivity index is 1.75. The fourth-order valence-corrected chi connectivity index (χ4v) is 6.18. The molecule has 1 aliphatic carbocycles. The molecule has 1 aromatic rings. The third kappa shape index (κ3) is 12.3. The molecule has 0 spiro atoms. The molecule has 1 aromatic carbocycles. The number of likely N-dealkylation sites (tertiary alicyclic amines) is 1. The first-order valence-corrected chi connectivity index (χ1v) is 16.9. The molecule has 0 aromatic heterocycles. The number of guanidine groups is 1. The summed E-state index contributed by atoms with van der Waals surface area (Å²) >= 11 is 0. The number of phenolic OH excluding ortho intramolecular Hbond substituents is 1. The summed E-state index contributed by atoms with van der Waals surface area (Å²) in [5.41, 5.74) is 16.9. The fraction of sp³-hybridized carbons (Fsp3) is 0.606. The number of nitrogens with two attached hydrogens (primary N) is 3. The van der Waals surface area contributed by atoms with Crippen molar-refractivity contribution in [3.05, 3.63) is 29.8 Å². The Kier molecular flexibility index (Phi) is 14.6. The van der Waals surface area contributed by atoms with Gasteiger partial charge in [-0.1, -0.05) is 44.2 Å². The minimum atomic E-state index is -1.16. The summed E-state index contributed by atoms with van der Waals surface area (Å²) in [6.45, 7) is 3.33. The Morgan fingerprint density at radius 3 is 2.10 bits per heavy atom. The predicted molar refractivity (Wildman–Crippen MR) is 181 cm³/mol. The normalized spacial score (nSPS) is 18.4. The number of carbonyl (C=O) groups is 6. The van der Waals surface area contributed by atoms with Gasteiger partial charge >= 0.3 is 0 Å². The molecular formula is C33H51N9O7. The third-order valence-corrected chi connectivity index (χ3v) is 8.94. The Labute approximate surface area is 286 Å². The monoisotopic (exact) mass is 685 g/mol. The Morgan fingerprint density at radius 2 is 1.53 bits per heavy atom. The van der Waals surface area contributed by atoms with E-state index >= 15 is 0 Å². The molecule has 0 bridgehead atoms. The van der Waals surface area contributed by atoms with Crippen LogP contribution in [0.2, 0.25) is 0 Å². The van der Waals surface area contributed by atoms with E-state index in [1.807, 2.05) is 0 Å². The van der Waals surface area contributed by atoms with E-state index in [-0.39, 0.29) is 49.5 Å². The lowest BCUT2D eigenvalue weighted by Gasteiger charge is -2.42. The molecule has 5 atom stereocenters. The number of amides is 6. The topological polar surface area (TPSA) is 264 Å². The van der Waals surface area contributed by atoms with Crippen molar-refractivity contribution in [3.63, 3.8) is 0 Å². The van der Waals surface area contributed by atoms with Crippen molar-refractivity contribution in [2.24, 2.45) is 28.1 Å². The number of phenols is 1. The molecule has 16 heteroatoms. The molecule has 2 aliphatic rings. The third-order valence-electron chi connectivity index (χ3n) is 8.94. The highest BCUT2D eigenvalue weighted by Gasteiger charge is 2.42. The van der Waals surface area contributed by atoms with E-state index in [0.717, 1.165) is 32.1 Å². The second kappa shape index (κ2) is 18.6. The predicted octanol–water partition coefficient (Wildman–Crippen LogP) is -0.976. The molecule has 2 fully saturated rings. The molecule has 1 heterocycles. The van der Waals surface area contributed by atoms with E-state index in [1.54, 1.807) is 12.1 Å². The van der Waals surface area contributed by atoms with Crippen LogP contribution in [0.25, 0.3) is 0 Å². The van der Waals surface area contributed by atoms with Crippen LogP contribution >= 0.6 is 0 Å². The van der Waals surface area contributed by atoms with Gasteiger partial charge in [-0.2, -0.15) is 0 Å². The molecule has 0 radical (unpaired) electrons. The van der Waals surface area contributed by atoms with Gasteiger partial charge in [-0.05, 0) is 56.2 Å². The van der Waals surface area contributed by atoms with Crippen LogP contribution in [0, 0.1) is 5.92 Å². The van der Waals surface area contributed by atoms with Crippen molar-refractivity contribution >= 4 is 41.4 Å². The quantitative estimate of drug-likeness (QED) is 0.0568. The van der Waals surface area contributed by atoms with E-state index in [2.05, 4.69) is 26.3 Å². The fourth-order valence-electron chi connectivity index (χ4n) is 6.18. The summed E-state index contributed by atoms with van der Waals surface area (Å²) in [6, 6.07) is 1.22. The average Bonchev–Trinajstić information content (AvgIpc) is 3.02. The summed E-state index contributed by atoms with van der Waals surface area (Å²) in [7, 11) is 0. The van der Waals surface area contributed by atoms with Crippen LogP contribution in [0.1, 0.15) is 77.2 Å². The first kappa shape index (κ1) is 38.6. The number of aliphatic imine (C=N–C) groups is 1. The number of carbonyl (C=O) groups excluding carboxylic acids is 6. The maximum atomic E-state index is 13.9. The summed E-state index contributed by atoms with van der Waals surface area (Å²) < 4.78 is 0. The van der Waals surface area contributed by atoms with Gasteiger partial charge in [-0.3, -0.25) is 33.8 Å². The van der Waals surface area contributed by atoms with Crippen LogP contribution in [-0.4, -0.2) is 94.7 Å². The number of hydrogen-bond acceptors (Lipinski definition) is 8. The van der Waals surface area contributed by atoms with Crippen molar-refractivity contribution in [3.8, 4) is 5.75 Å². The van der Waals surface area contributed by atoms with Crippen LogP contribution < -0.4 is 38.5 Å². The molecule has 11 N–H and O–H groups in total. The van der Waals surface area contributed by atoms with Gasteiger partial charge in [0.05, 0.1) is 0 Å². The SMILES string of the molecule is CC(=O)N[C@@H](C)C(=O)N[C@H](CC1CCCCC1)C(=O)N1CC[C@H]1C(=O)N[C@H](Cc1ccc(O)cc1)C(=O)N[C@@H](CCCN=C(N)N)C(N)=O. The van der Waals surface area contributed by atoms with Crippen molar-refractivity contribution in [1.29, 1.82) is 0 Å². The van der Waals surface area contributed by atoms with Gasteiger partial charge in [-0.25, -0.2) is 0 Å². The Bertz CT molecular complexity index is 1360. The number of primary amides is 1. The Hall–Kier alpha value is -4.89. The molecule has 270 valence electrons. The molecule has 0 unspecified atom stereocenters. The lowest BCUT2D eigenvalue weighted by molar-refractivity contribution is -0.151. The maximum absolute atomic E-state index is 13.9. The second-order valence-electron chi connectivity index (χ2n) is 12.9. The number of benzene rings is 1. The molecule has 1 aliphatic heterocycles. The zero-order valence-corrected chi connectivity index (χ0v) is 28.3. The summed E-state index contributed by atoms with van der Waals surface area (Å²) in [5.74, 6) is -3.17. The van der Waals surface area contributed by atoms with Gasteiger partial charge in [0, 0.05) is 26.4 Å². The van der Waals surface area contributed by atoms with Crippen LogP contribution in [0.3, 0.4) is 0 Å². The summed E-state index contributed by atoms with van der Waals surface area (Å²) in [6.07, 6.45) is 6.31. The minimum Gasteiger partial charge on any atom is -0.508 e. The molecule has 6 amide bonds. The van der Waals surface area contributed by atoms with Gasteiger partial charge in [0.25, 0.3) is 0 Å². The number of nitrogens with one attached hydrogen (secondary N) is 4. The molecule has 3 rings (SSSR count). The van der Waals surface area contributed by atoms with Crippen molar-refractivity contribution in [2.75, 3.05) is 13.1 Å². The highest BCUT2D eigenvalue weighted by Crippen LogP contribution is 2.29. The van der Waals surface area contributed by atoms with E-state index in [1.165, 1.54) is 30.9 Å². The average molecular weight is 686 g/mol. The molecule has 1 saturated heterocycles. The molecule has 49 heavy (non-hydrogen) atoms. The maximum Gasteiger partial charge on any atom is 0.245 e. The van der Waals surface area contributed by atoms with Gasteiger partial charge in [0.2, 0.25) is 35.4 Å². The summed E-state index contributed by atoms with van der Waals surface area (Å²) in [5, 5.41) is 20.4. The molecular weight excluding hydrogens is 634 g/mol. The van der Waals surface area contributed by atoms with Gasteiger partial charge < -0.3 is 48.5 Å². The van der Waals surface area contributed by atoms with Crippen LogP contribution in [0.4, 0.5) is 0 Å². The molecule has 1 saturated carbocycles. The van der Waals surface area contributed by atoms with Crippen LogP contribution in [0.5, 0.6) is 5.75 Å². The van der Waals surface area contributed by atoms with E-state index in [4.69, 9.17) is 17.2 Å². The van der Waals surface area contributed by atoms with Crippen LogP contribution in [-0.2, 0) is 35.2 Å². The minimum absolute atomic E-state index is 0.0133. The largest absolute Gasteiger partial charge is 0.508 e. The molecule has 16 nitrogen and oxygen atoms in total. The first-order chi connectivity index (χ1) is 23.2. The number of aromatic hydroxyl groups is 1. The van der Waals surface area contributed by atoms with Crippen LogP contribution in [0.15, 0.2) is 29.3 Å². The second-order valence-corrected chi connectivity index (χ2v) is 12.9. The lowest BCUT2D eigenvalue weighted by atomic mass is 9.84. The van der Waals surface area contributed by atoms with Crippen molar-refractivity contribution < 1.29 is 33.9 Å². The van der Waals surface area contributed by atoms with Gasteiger partial charge in [0.1, 0.15) is 36.0 Å². The van der Waals surface area contributed by atoms with Crippen molar-refractivity contribution in [2.45, 2.75) is 108 Å². The smallest absolute Gasteiger partial charge is 0.245 e. The summed E-state index contributed by atoms with van der Waals surface area (Å²) in [4.78, 5) is 83.0.